The van der Waals surface area contributed by atoms with Gasteiger partial charge in [-0.25, -0.2) is 9.97 Å². The first kappa shape index (κ1) is 15.2. The minimum atomic E-state index is -0.143. The lowest BCUT2D eigenvalue weighted by Gasteiger charge is -2.26. The quantitative estimate of drug-likeness (QED) is 0.861. The molecule has 100 valence electrons. The largest absolute Gasteiger partial charge is 0.321 e. The van der Waals surface area contributed by atoms with Crippen molar-refractivity contribution in [3.8, 4) is 0 Å². The lowest BCUT2D eigenvalue weighted by atomic mass is 9.80. The summed E-state index contributed by atoms with van der Waals surface area (Å²) >= 11 is 11.7. The predicted octanol–water partition coefficient (Wildman–Crippen LogP) is 3.79. The number of hydrogen-bond acceptors (Lipinski definition) is 3. The van der Waals surface area contributed by atoms with Gasteiger partial charge in [0.2, 0.25) is 5.91 Å². The molecule has 0 spiro atoms. The third-order valence-electron chi connectivity index (χ3n) is 2.99. The molecule has 0 aromatic carbocycles. The lowest BCUT2D eigenvalue weighted by Crippen LogP contribution is -2.24. The van der Waals surface area contributed by atoms with Gasteiger partial charge >= 0.3 is 0 Å². The number of rotatable bonds is 3. The van der Waals surface area contributed by atoms with Crippen LogP contribution in [0.5, 0.6) is 0 Å². The van der Waals surface area contributed by atoms with Gasteiger partial charge in [-0.1, -0.05) is 50.9 Å². The van der Waals surface area contributed by atoms with Gasteiger partial charge < -0.3 is 5.32 Å². The Morgan fingerprint density at radius 2 is 1.83 bits per heavy atom. The zero-order valence-electron chi connectivity index (χ0n) is 10.9. The van der Waals surface area contributed by atoms with E-state index in [-0.39, 0.29) is 33.2 Å². The summed E-state index contributed by atoms with van der Waals surface area (Å²) in [4.78, 5) is 19.4. The molecule has 1 amide bonds. The number of carbonyl (C=O) groups excluding carboxylic acids is 1. The Morgan fingerprint density at radius 1 is 1.33 bits per heavy atom. The van der Waals surface area contributed by atoms with Crippen molar-refractivity contribution >= 4 is 34.8 Å². The Hall–Kier alpha value is -0.870. The molecule has 1 N–H and O–H groups in total. The molecular weight excluding hydrogens is 273 g/mol. The van der Waals surface area contributed by atoms with Gasteiger partial charge in [0, 0.05) is 6.42 Å². The summed E-state index contributed by atoms with van der Waals surface area (Å²) in [7, 11) is 0. The molecule has 0 aliphatic heterocycles. The summed E-state index contributed by atoms with van der Waals surface area (Å²) in [5, 5.41) is 2.94. The number of nitrogens with zero attached hydrogens (tertiary/aromatic N) is 2. The monoisotopic (exact) mass is 289 g/mol. The molecule has 0 fully saturated rings. The predicted molar refractivity (Wildman–Crippen MR) is 73.9 cm³/mol. The van der Waals surface area contributed by atoms with Crippen LogP contribution in [-0.2, 0) is 4.79 Å². The van der Waals surface area contributed by atoms with E-state index in [1.807, 2.05) is 6.92 Å². The van der Waals surface area contributed by atoms with Gasteiger partial charge in [-0.3, -0.25) is 4.79 Å². The van der Waals surface area contributed by atoms with Crippen LogP contribution >= 0.6 is 23.2 Å². The Morgan fingerprint density at radius 3 is 2.28 bits per heavy atom. The van der Waals surface area contributed by atoms with Crippen molar-refractivity contribution in [1.29, 1.82) is 0 Å². The molecule has 1 aromatic heterocycles. The zero-order valence-corrected chi connectivity index (χ0v) is 12.4. The van der Waals surface area contributed by atoms with Crippen LogP contribution in [0, 0.1) is 11.3 Å². The van der Waals surface area contributed by atoms with Gasteiger partial charge in [0.25, 0.3) is 0 Å². The van der Waals surface area contributed by atoms with Gasteiger partial charge in [0.1, 0.15) is 12.0 Å². The lowest BCUT2D eigenvalue weighted by molar-refractivity contribution is -0.117. The molecule has 6 heteroatoms. The highest BCUT2D eigenvalue weighted by atomic mass is 35.5. The second-order valence-electron chi connectivity index (χ2n) is 5.35. The minimum Gasteiger partial charge on any atom is -0.321 e. The van der Waals surface area contributed by atoms with Gasteiger partial charge in [-0.2, -0.15) is 0 Å². The van der Waals surface area contributed by atoms with Crippen molar-refractivity contribution < 1.29 is 4.79 Å². The van der Waals surface area contributed by atoms with Crippen LogP contribution in [-0.4, -0.2) is 15.9 Å². The highest BCUT2D eigenvalue weighted by Crippen LogP contribution is 2.30. The summed E-state index contributed by atoms with van der Waals surface area (Å²) in [6.45, 7) is 8.31. The fourth-order valence-corrected chi connectivity index (χ4v) is 1.63. The van der Waals surface area contributed by atoms with Crippen LogP contribution in [0.2, 0.25) is 10.3 Å². The fourth-order valence-electron chi connectivity index (χ4n) is 1.22. The van der Waals surface area contributed by atoms with Crippen LogP contribution in [0.25, 0.3) is 0 Å². The minimum absolute atomic E-state index is 0.0676. The van der Waals surface area contributed by atoms with Gasteiger partial charge in [0.05, 0.1) is 0 Å². The van der Waals surface area contributed by atoms with E-state index in [4.69, 9.17) is 23.2 Å². The van der Waals surface area contributed by atoms with Crippen molar-refractivity contribution in [3.63, 3.8) is 0 Å². The molecule has 1 rings (SSSR count). The first-order valence-corrected chi connectivity index (χ1v) is 6.43. The fraction of sp³-hybridized carbons (Fsp3) is 0.583. The van der Waals surface area contributed by atoms with Crippen LogP contribution in [0.1, 0.15) is 34.1 Å². The maximum Gasteiger partial charge on any atom is 0.224 e. The molecular formula is C12H17Cl2N3O. The number of hydrogen-bond donors (Lipinski definition) is 1. The van der Waals surface area contributed by atoms with E-state index in [2.05, 4.69) is 36.1 Å². The van der Waals surface area contributed by atoms with Crippen LogP contribution in [0.15, 0.2) is 6.33 Å². The molecule has 1 heterocycles. The van der Waals surface area contributed by atoms with Crippen LogP contribution in [0.4, 0.5) is 5.69 Å². The average Bonchev–Trinajstić information content (AvgIpc) is 2.22. The van der Waals surface area contributed by atoms with Crippen molar-refractivity contribution in [1.82, 2.24) is 9.97 Å². The standard InChI is InChI=1S/C12H17Cl2N3O/c1-7(12(2,3)4)5-8(18)17-9-10(13)15-6-16-11(9)14/h6-7H,5H2,1-4H3,(H,17,18). The van der Waals surface area contributed by atoms with Gasteiger partial charge in [-0.15, -0.1) is 0 Å². The van der Waals surface area contributed by atoms with Crippen LogP contribution in [0.3, 0.4) is 0 Å². The second kappa shape index (κ2) is 5.85. The second-order valence-corrected chi connectivity index (χ2v) is 6.07. The molecule has 0 bridgehead atoms. The number of halogens is 2. The smallest absolute Gasteiger partial charge is 0.224 e. The molecule has 0 aliphatic carbocycles. The molecule has 0 saturated carbocycles. The first-order chi connectivity index (χ1) is 8.21. The van der Waals surface area contributed by atoms with E-state index >= 15 is 0 Å². The van der Waals surface area contributed by atoms with Crippen molar-refractivity contribution in [3.05, 3.63) is 16.6 Å². The molecule has 0 saturated heterocycles. The maximum absolute atomic E-state index is 11.9. The summed E-state index contributed by atoms with van der Waals surface area (Å²) in [5.41, 5.74) is 0.338. The third kappa shape index (κ3) is 4.10. The number of aromatic nitrogens is 2. The normalized spacial score (nSPS) is 13.2. The van der Waals surface area contributed by atoms with E-state index in [9.17, 15) is 4.79 Å². The van der Waals surface area contributed by atoms with E-state index in [0.29, 0.717) is 6.42 Å². The highest BCUT2D eigenvalue weighted by Gasteiger charge is 2.23. The third-order valence-corrected chi connectivity index (χ3v) is 3.56. The Labute approximate surface area is 117 Å². The summed E-state index contributed by atoms with van der Waals surface area (Å²) < 4.78 is 0. The number of carbonyl (C=O) groups is 1. The SMILES string of the molecule is CC(CC(=O)Nc1c(Cl)ncnc1Cl)C(C)(C)C. The highest BCUT2D eigenvalue weighted by molar-refractivity contribution is 6.38. The first-order valence-electron chi connectivity index (χ1n) is 5.67. The number of amides is 1. The molecule has 1 atom stereocenters. The van der Waals surface area contributed by atoms with Gasteiger partial charge in [-0.05, 0) is 11.3 Å². The van der Waals surface area contributed by atoms with Crippen molar-refractivity contribution in [2.45, 2.75) is 34.1 Å². The van der Waals surface area contributed by atoms with Crippen molar-refractivity contribution in [2.75, 3.05) is 5.32 Å². The van der Waals surface area contributed by atoms with E-state index in [1.165, 1.54) is 6.33 Å². The number of nitrogens with one attached hydrogen (secondary N) is 1. The molecule has 4 nitrogen and oxygen atoms in total. The van der Waals surface area contributed by atoms with Crippen molar-refractivity contribution in [2.24, 2.45) is 11.3 Å². The average molecular weight is 290 g/mol. The molecule has 1 aromatic rings. The Bertz CT molecular complexity index is 423. The summed E-state index contributed by atoms with van der Waals surface area (Å²) in [5.74, 6) is 0.0932. The van der Waals surface area contributed by atoms with E-state index in [0.717, 1.165) is 0 Å². The maximum atomic E-state index is 11.9. The molecule has 18 heavy (non-hydrogen) atoms. The molecule has 0 aliphatic rings. The molecule has 1 unspecified atom stereocenters. The zero-order chi connectivity index (χ0) is 13.9. The molecule has 0 radical (unpaired) electrons. The Balaban J connectivity index is 2.72. The summed E-state index contributed by atoms with van der Waals surface area (Å²) in [6.07, 6.45) is 1.64. The van der Waals surface area contributed by atoms with Gasteiger partial charge in [0.15, 0.2) is 10.3 Å². The van der Waals surface area contributed by atoms with E-state index < -0.39 is 0 Å². The summed E-state index contributed by atoms with van der Waals surface area (Å²) in [6, 6.07) is 0. The van der Waals surface area contributed by atoms with Crippen LogP contribution < -0.4 is 5.32 Å². The van der Waals surface area contributed by atoms with E-state index in [1.54, 1.807) is 0 Å². The topological polar surface area (TPSA) is 54.9 Å². The Kier molecular flexibility index (Phi) is 4.93. The number of anilines is 1.